The molecule has 23 heavy (non-hydrogen) atoms. The largest absolute Gasteiger partial charge is 0.507 e. The summed E-state index contributed by atoms with van der Waals surface area (Å²) in [4.78, 5) is 12.1. The average molecular weight is 341 g/mol. The maximum Gasteiger partial charge on any atom is 0.263 e. The number of hydrogen-bond donors (Lipinski definition) is 2. The third-order valence-electron chi connectivity index (χ3n) is 2.98. The van der Waals surface area contributed by atoms with Gasteiger partial charge in [0.05, 0.1) is 16.3 Å². The Kier molecular flexibility index (Phi) is 4.50. The Hall–Kier alpha value is -2.51. The first-order valence-corrected chi connectivity index (χ1v) is 7.89. The third kappa shape index (κ3) is 3.82. The van der Waals surface area contributed by atoms with Crippen molar-refractivity contribution >= 4 is 51.7 Å². The molecule has 0 spiro atoms. The van der Waals surface area contributed by atoms with Gasteiger partial charge in [0.15, 0.2) is 0 Å². The van der Waals surface area contributed by atoms with Crippen LogP contribution in [0, 0.1) is 0 Å². The molecule has 0 unspecified atom stereocenters. The Morgan fingerprint density at radius 3 is 2.52 bits per heavy atom. The number of nitrogens with zero attached hydrogens (tertiary/aromatic N) is 2. The maximum atomic E-state index is 11.7. The number of aromatic hydroxyl groups is 1. The zero-order valence-corrected chi connectivity index (χ0v) is 13.4. The maximum absolute atomic E-state index is 11.7. The molecule has 3 rings (SSSR count). The van der Waals surface area contributed by atoms with Gasteiger partial charge in [-0.3, -0.25) is 4.79 Å². The number of carbonyl (C=O) groups is 1. The summed E-state index contributed by atoms with van der Waals surface area (Å²) >= 11 is 6.10. The number of carbonyl (C=O) groups excluding carboxylic acids is 1. The lowest BCUT2D eigenvalue weighted by molar-refractivity contribution is -0.115. The molecule has 2 aromatic rings. The molecule has 5 nitrogen and oxygen atoms in total. The molecule has 7 heteroatoms. The van der Waals surface area contributed by atoms with E-state index in [0.29, 0.717) is 20.5 Å². The summed E-state index contributed by atoms with van der Waals surface area (Å²) in [6.45, 7) is 0. The van der Waals surface area contributed by atoms with Crippen LogP contribution in [0.2, 0.25) is 0 Å². The predicted molar refractivity (Wildman–Crippen MR) is 95.0 cm³/mol. The van der Waals surface area contributed by atoms with E-state index in [-0.39, 0.29) is 11.7 Å². The van der Waals surface area contributed by atoms with Crippen molar-refractivity contribution in [3.8, 4) is 5.75 Å². The van der Waals surface area contributed by atoms with Crippen LogP contribution >= 0.6 is 24.0 Å². The van der Waals surface area contributed by atoms with Crippen molar-refractivity contribution in [1.29, 1.82) is 0 Å². The molecule has 1 heterocycles. The molecule has 0 aromatic heterocycles. The number of phenols is 1. The molecule has 0 saturated carbocycles. The average Bonchev–Trinajstić information content (AvgIpc) is 2.86. The van der Waals surface area contributed by atoms with Gasteiger partial charge in [0.2, 0.25) is 0 Å². The topological polar surface area (TPSA) is 74.0 Å². The highest BCUT2D eigenvalue weighted by molar-refractivity contribution is 8.26. The van der Waals surface area contributed by atoms with Gasteiger partial charge in [0.25, 0.3) is 5.91 Å². The number of benzene rings is 2. The van der Waals surface area contributed by atoms with Crippen LogP contribution in [0.4, 0.5) is 11.4 Å². The van der Waals surface area contributed by atoms with E-state index >= 15 is 0 Å². The van der Waals surface area contributed by atoms with Gasteiger partial charge < -0.3 is 10.4 Å². The summed E-state index contributed by atoms with van der Waals surface area (Å²) in [7, 11) is 0. The molecule has 114 valence electrons. The van der Waals surface area contributed by atoms with E-state index in [0.717, 1.165) is 17.4 Å². The van der Waals surface area contributed by atoms with Crippen LogP contribution in [0.15, 0.2) is 63.7 Å². The van der Waals surface area contributed by atoms with Crippen molar-refractivity contribution in [2.24, 2.45) is 10.2 Å². The van der Waals surface area contributed by atoms with Crippen molar-refractivity contribution in [3.05, 3.63) is 59.0 Å². The van der Waals surface area contributed by atoms with Crippen LogP contribution in [0.5, 0.6) is 5.75 Å². The van der Waals surface area contributed by atoms with Crippen molar-refractivity contribution < 1.29 is 9.90 Å². The van der Waals surface area contributed by atoms with E-state index in [1.165, 1.54) is 6.07 Å². The van der Waals surface area contributed by atoms with Crippen LogP contribution < -0.4 is 5.32 Å². The minimum Gasteiger partial charge on any atom is -0.507 e. The third-order valence-corrected chi connectivity index (χ3v) is 4.14. The smallest absolute Gasteiger partial charge is 0.263 e. The first-order valence-electron chi connectivity index (χ1n) is 6.66. The van der Waals surface area contributed by atoms with Crippen LogP contribution in [-0.4, -0.2) is 15.3 Å². The lowest BCUT2D eigenvalue weighted by Crippen LogP contribution is -2.17. The fraction of sp³-hybridized carbons (Fsp3) is 0. The number of phenolic OH excluding ortho intramolecular Hbond substituents is 1. The van der Waals surface area contributed by atoms with Crippen LogP contribution in [0.3, 0.4) is 0 Å². The molecular weight excluding hydrogens is 330 g/mol. The number of thioether (sulfide) groups is 1. The van der Waals surface area contributed by atoms with E-state index in [1.807, 2.05) is 30.3 Å². The Morgan fingerprint density at radius 2 is 1.83 bits per heavy atom. The minimum absolute atomic E-state index is 0.0578. The van der Waals surface area contributed by atoms with Crippen LogP contribution in [0.25, 0.3) is 6.08 Å². The van der Waals surface area contributed by atoms with Gasteiger partial charge in [-0.25, -0.2) is 0 Å². The number of nitrogens with one attached hydrogen (secondary N) is 1. The molecule has 1 fully saturated rings. The van der Waals surface area contributed by atoms with Crippen molar-refractivity contribution in [2.45, 2.75) is 0 Å². The SMILES string of the molecule is O=C1NC(=S)SC1=Cc1cc(N=Nc2ccccc2)ccc1O. The van der Waals surface area contributed by atoms with Crippen LogP contribution in [-0.2, 0) is 4.79 Å². The molecule has 0 aliphatic carbocycles. The zero-order chi connectivity index (χ0) is 16.2. The Balaban J connectivity index is 1.88. The minimum atomic E-state index is -0.268. The van der Waals surface area contributed by atoms with Gasteiger partial charge in [0.1, 0.15) is 10.1 Å². The lowest BCUT2D eigenvalue weighted by atomic mass is 10.1. The lowest BCUT2D eigenvalue weighted by Gasteiger charge is -2.01. The molecule has 0 radical (unpaired) electrons. The molecule has 1 amide bonds. The normalized spacial score (nSPS) is 16.3. The highest BCUT2D eigenvalue weighted by Gasteiger charge is 2.22. The fourth-order valence-electron chi connectivity index (χ4n) is 1.89. The van der Waals surface area contributed by atoms with Gasteiger partial charge in [-0.15, -0.1) is 0 Å². The van der Waals surface area contributed by atoms with E-state index in [9.17, 15) is 9.90 Å². The summed E-state index contributed by atoms with van der Waals surface area (Å²) in [6.07, 6.45) is 1.58. The summed E-state index contributed by atoms with van der Waals surface area (Å²) in [5.74, 6) is -0.210. The van der Waals surface area contributed by atoms with Crippen LogP contribution in [0.1, 0.15) is 5.56 Å². The second-order valence-corrected chi connectivity index (χ2v) is 6.35. The van der Waals surface area contributed by atoms with Crippen molar-refractivity contribution in [2.75, 3.05) is 0 Å². The number of amides is 1. The molecule has 2 aromatic carbocycles. The number of azo groups is 1. The van der Waals surface area contributed by atoms with E-state index < -0.39 is 0 Å². The molecule has 1 aliphatic rings. The number of hydrogen-bond acceptors (Lipinski definition) is 6. The predicted octanol–water partition coefficient (Wildman–Crippen LogP) is 4.30. The van der Waals surface area contributed by atoms with E-state index in [4.69, 9.17) is 12.2 Å². The summed E-state index contributed by atoms with van der Waals surface area (Å²) in [6, 6.07) is 14.2. The van der Waals surface area contributed by atoms with Crippen molar-refractivity contribution in [1.82, 2.24) is 5.32 Å². The summed E-state index contributed by atoms with van der Waals surface area (Å²) in [5, 5.41) is 20.7. The summed E-state index contributed by atoms with van der Waals surface area (Å²) in [5.41, 5.74) is 1.79. The molecule has 0 bridgehead atoms. The Labute approximate surface area is 142 Å². The zero-order valence-electron chi connectivity index (χ0n) is 11.8. The highest BCUT2D eigenvalue weighted by Crippen LogP contribution is 2.31. The molecular formula is C16H11N3O2S2. The number of thiocarbonyl (C=S) groups is 1. The fourth-order valence-corrected chi connectivity index (χ4v) is 2.93. The van der Waals surface area contributed by atoms with E-state index in [2.05, 4.69) is 15.5 Å². The Morgan fingerprint density at radius 1 is 1.09 bits per heavy atom. The molecule has 0 atom stereocenters. The van der Waals surface area contributed by atoms with Gasteiger partial charge in [-0.2, -0.15) is 10.2 Å². The second-order valence-electron chi connectivity index (χ2n) is 4.63. The van der Waals surface area contributed by atoms with Gasteiger partial charge >= 0.3 is 0 Å². The van der Waals surface area contributed by atoms with Gasteiger partial charge in [-0.05, 0) is 36.4 Å². The Bertz CT molecular complexity index is 832. The quantitative estimate of drug-likeness (QED) is 0.496. The molecule has 1 aliphatic heterocycles. The summed E-state index contributed by atoms with van der Waals surface area (Å²) < 4.78 is 0.403. The molecule has 2 N–H and O–H groups in total. The standard InChI is InChI=1S/C16H11N3O2S2/c20-13-7-6-12(19-18-11-4-2-1-3-5-11)8-10(13)9-14-15(21)17-16(22)23-14/h1-9,20H,(H,17,21,22). The monoisotopic (exact) mass is 341 g/mol. The first kappa shape index (κ1) is 15.4. The highest BCUT2D eigenvalue weighted by atomic mass is 32.2. The van der Waals surface area contributed by atoms with Crippen molar-refractivity contribution in [3.63, 3.8) is 0 Å². The first-order chi connectivity index (χ1) is 11.1. The van der Waals surface area contributed by atoms with Gasteiger partial charge in [-0.1, -0.05) is 42.2 Å². The number of rotatable bonds is 3. The van der Waals surface area contributed by atoms with Gasteiger partial charge in [0, 0.05) is 5.56 Å². The van der Waals surface area contributed by atoms with E-state index in [1.54, 1.807) is 18.2 Å². The second kappa shape index (κ2) is 6.72. The molecule has 1 saturated heterocycles.